The van der Waals surface area contributed by atoms with E-state index in [0.717, 1.165) is 45.8 Å². The second-order valence-electron chi connectivity index (χ2n) is 15.3. The van der Waals surface area contributed by atoms with Gasteiger partial charge >= 0.3 is 0 Å². The smallest absolute Gasteiger partial charge is 0.0798 e. The van der Waals surface area contributed by atoms with Crippen molar-refractivity contribution in [3.8, 4) is 39.5 Å². The van der Waals surface area contributed by atoms with Gasteiger partial charge in [-0.05, 0) is 57.9 Å². The number of rotatable bonds is 7. The summed E-state index contributed by atoms with van der Waals surface area (Å²) in [5, 5.41) is 8.69. The molecule has 3 heterocycles. The Kier molecular flexibility index (Phi) is 11.4. The third kappa shape index (κ3) is 8.05. The average molecular weight is 926 g/mol. The van der Waals surface area contributed by atoms with E-state index in [4.69, 9.17) is 4.98 Å². The minimum absolute atomic E-state index is 0. The van der Waals surface area contributed by atoms with Crippen molar-refractivity contribution >= 4 is 56.5 Å². The first-order chi connectivity index (χ1) is 26.2. The number of pyridine rings is 1. The second-order valence-corrected chi connectivity index (χ2v) is 21.2. The van der Waals surface area contributed by atoms with Crippen molar-refractivity contribution in [2.45, 2.75) is 39.9 Å². The number of hydrogen-bond acceptors (Lipinski definition) is 3. The molecule has 275 valence electrons. The van der Waals surface area contributed by atoms with Gasteiger partial charge in [0, 0.05) is 37.4 Å². The first-order valence-corrected chi connectivity index (χ1v) is 23.0. The summed E-state index contributed by atoms with van der Waals surface area (Å²) < 4.78 is 3.51. The normalized spacial score (nSPS) is 11.5. The molecule has 0 spiro atoms. The Morgan fingerprint density at radius 3 is 2.25 bits per heavy atom. The molecule has 0 N–H and O–H groups in total. The molecule has 3 aromatic heterocycles. The molecule has 0 unspecified atom stereocenters. The molecule has 0 aliphatic carbocycles. The van der Waals surface area contributed by atoms with Crippen molar-refractivity contribution < 1.29 is 20.1 Å². The van der Waals surface area contributed by atoms with Crippen molar-refractivity contribution in [1.82, 2.24) is 14.5 Å². The summed E-state index contributed by atoms with van der Waals surface area (Å²) in [5.74, 6) is 1.59. The van der Waals surface area contributed by atoms with Crippen LogP contribution in [0.1, 0.15) is 19.4 Å². The van der Waals surface area contributed by atoms with Gasteiger partial charge in [0.05, 0.1) is 24.9 Å². The van der Waals surface area contributed by atoms with E-state index in [1.165, 1.54) is 42.7 Å². The van der Waals surface area contributed by atoms with Gasteiger partial charge in [-0.25, -0.2) is 0 Å². The van der Waals surface area contributed by atoms with Crippen LogP contribution in [0.5, 0.6) is 0 Å². The average Bonchev–Trinajstić information content (AvgIpc) is 3.79. The van der Waals surface area contributed by atoms with E-state index in [2.05, 4.69) is 182 Å². The molecular weight excluding hydrogens is 883 g/mol. The number of hydrogen-bond donors (Lipinski definition) is 0. The van der Waals surface area contributed by atoms with Crippen LogP contribution in [-0.2, 0) is 26.5 Å². The third-order valence-electron chi connectivity index (χ3n) is 9.82. The SMILES string of the molecule is CC(C)Cc1cc(-c2[c-]cccc2)ncc1[Si](C)(C)C.[Ir].[c-]1sc2cc(-c3ccccc3)ccc2c1-c1nc2ccccc2n1-c1cccc2ccccc12. The predicted octanol–water partition coefficient (Wildman–Crippen LogP) is 12.8. The molecule has 3 nitrogen and oxygen atoms in total. The number of nitrogens with zero attached hydrogens (tertiary/aromatic N) is 3. The number of aromatic nitrogens is 3. The summed E-state index contributed by atoms with van der Waals surface area (Å²) in [7, 11) is -1.34. The van der Waals surface area contributed by atoms with Gasteiger partial charge in [0.15, 0.2) is 0 Å². The van der Waals surface area contributed by atoms with Crippen molar-refractivity contribution in [2.24, 2.45) is 5.92 Å². The van der Waals surface area contributed by atoms with Crippen LogP contribution in [0.3, 0.4) is 0 Å². The van der Waals surface area contributed by atoms with Gasteiger partial charge in [-0.2, -0.15) is 0 Å². The minimum atomic E-state index is -1.34. The zero-order valence-electron chi connectivity index (χ0n) is 31.8. The number of imidazole rings is 1. The summed E-state index contributed by atoms with van der Waals surface area (Å²) in [6, 6.07) is 54.2. The number of benzene rings is 6. The van der Waals surface area contributed by atoms with Crippen LogP contribution in [-0.4, -0.2) is 22.6 Å². The van der Waals surface area contributed by atoms with E-state index in [-0.39, 0.29) is 20.1 Å². The molecule has 1 radical (unpaired) electrons. The van der Waals surface area contributed by atoms with Crippen LogP contribution in [0.25, 0.3) is 71.4 Å². The minimum Gasteiger partial charge on any atom is -0.333 e. The van der Waals surface area contributed by atoms with E-state index < -0.39 is 8.07 Å². The number of thiophene rings is 1. The van der Waals surface area contributed by atoms with Crippen molar-refractivity contribution in [3.05, 3.63) is 169 Å². The molecule has 0 saturated carbocycles. The molecule has 55 heavy (non-hydrogen) atoms. The zero-order valence-corrected chi connectivity index (χ0v) is 36.0. The van der Waals surface area contributed by atoms with E-state index in [9.17, 15) is 0 Å². The van der Waals surface area contributed by atoms with Crippen LogP contribution < -0.4 is 5.19 Å². The van der Waals surface area contributed by atoms with E-state index in [1.807, 2.05) is 24.3 Å². The van der Waals surface area contributed by atoms with Crippen molar-refractivity contribution in [2.75, 3.05) is 0 Å². The van der Waals surface area contributed by atoms with Gasteiger partial charge in [0.2, 0.25) is 0 Å². The maximum absolute atomic E-state index is 5.11. The fraction of sp³-hybridized carbons (Fsp3) is 0.143. The van der Waals surface area contributed by atoms with Gasteiger partial charge in [-0.15, -0.1) is 47.3 Å². The molecule has 0 atom stereocenters. The Bertz CT molecular complexity index is 2700. The molecule has 9 aromatic rings. The predicted molar refractivity (Wildman–Crippen MR) is 234 cm³/mol. The van der Waals surface area contributed by atoms with Crippen LogP contribution in [0.2, 0.25) is 19.6 Å². The molecule has 0 bridgehead atoms. The first-order valence-electron chi connectivity index (χ1n) is 18.7. The summed E-state index contributed by atoms with van der Waals surface area (Å²) in [5.41, 5.74) is 10.3. The molecule has 0 aliphatic heterocycles. The van der Waals surface area contributed by atoms with Crippen LogP contribution in [0, 0.1) is 17.4 Å². The number of para-hydroxylation sites is 2. The number of fused-ring (bicyclic) bond motifs is 3. The van der Waals surface area contributed by atoms with Gasteiger partial charge in [0.25, 0.3) is 0 Å². The molecule has 0 fully saturated rings. The van der Waals surface area contributed by atoms with Crippen LogP contribution in [0.15, 0.2) is 152 Å². The maximum Gasteiger partial charge on any atom is 0.0798 e. The topological polar surface area (TPSA) is 30.7 Å². The quantitative estimate of drug-likeness (QED) is 0.118. The maximum atomic E-state index is 5.11. The van der Waals surface area contributed by atoms with Gasteiger partial charge in [0.1, 0.15) is 0 Å². The van der Waals surface area contributed by atoms with E-state index in [0.29, 0.717) is 5.92 Å². The Morgan fingerprint density at radius 1 is 0.727 bits per heavy atom. The summed E-state index contributed by atoms with van der Waals surface area (Å²) in [4.78, 5) is 9.79. The molecular formula is C49H43IrN3SSi-2. The summed E-state index contributed by atoms with van der Waals surface area (Å²) in [6.07, 6.45) is 3.24. The molecule has 0 amide bonds. The van der Waals surface area contributed by atoms with Crippen LogP contribution >= 0.6 is 11.3 Å². The molecule has 0 saturated heterocycles. The van der Waals surface area contributed by atoms with Gasteiger partial charge in [-0.3, -0.25) is 16.3 Å². The fourth-order valence-electron chi connectivity index (χ4n) is 7.27. The summed E-state index contributed by atoms with van der Waals surface area (Å²) >= 11 is 1.66. The van der Waals surface area contributed by atoms with Crippen LogP contribution in [0.4, 0.5) is 0 Å². The van der Waals surface area contributed by atoms with Crippen molar-refractivity contribution in [1.29, 1.82) is 0 Å². The Hall–Kier alpha value is -4.97. The van der Waals surface area contributed by atoms with Gasteiger partial charge < -0.3 is 9.55 Å². The van der Waals surface area contributed by atoms with Crippen molar-refractivity contribution in [3.63, 3.8) is 0 Å². The summed E-state index contributed by atoms with van der Waals surface area (Å²) in [6.45, 7) is 11.7. The molecule has 6 aromatic carbocycles. The standard InChI is InChI=1S/C31H19N2S.C18H24NSi.Ir/c1-2-9-21(10-3-1)23-17-18-25-26(20-34-30(25)19-23)31-32-27-14-6-7-15-29(27)33(31)28-16-8-12-22-11-4-5-13-24(22)28;1-14(2)11-16-12-17(15-9-7-6-8-10-15)19-13-18(16)20(3,4)5;/h1-19H;6-9,12-14H,11H2,1-5H3;/q2*-1;. The first kappa shape index (κ1) is 38.3. The molecule has 9 rings (SSSR count). The van der Waals surface area contributed by atoms with Gasteiger partial charge in [-0.1, -0.05) is 152 Å². The Balaban J connectivity index is 0.000000191. The fourth-order valence-corrected chi connectivity index (χ4v) is 9.74. The molecule has 0 aliphatic rings. The molecule has 6 heteroatoms. The Labute approximate surface area is 343 Å². The van der Waals surface area contributed by atoms with E-state index in [1.54, 1.807) is 11.3 Å². The Morgan fingerprint density at radius 2 is 1.47 bits per heavy atom. The zero-order chi connectivity index (χ0) is 37.2. The third-order valence-corrected chi connectivity index (χ3v) is 12.8. The monoisotopic (exact) mass is 926 g/mol. The second kappa shape index (κ2) is 16.4. The largest absolute Gasteiger partial charge is 0.333 e. The van der Waals surface area contributed by atoms with E-state index >= 15 is 0 Å².